The minimum Gasteiger partial charge on any atom is -0.493 e. The Morgan fingerprint density at radius 1 is 0.444 bits per heavy atom. The number of halogens is 1. The molecule has 12 nitrogen and oxygen atoms in total. The summed E-state index contributed by atoms with van der Waals surface area (Å²) in [5.74, 6) is 1.24. The van der Waals surface area contributed by atoms with Gasteiger partial charge in [0.25, 0.3) is 11.1 Å². The van der Waals surface area contributed by atoms with Crippen LogP contribution < -0.4 is 24.3 Å². The van der Waals surface area contributed by atoms with Crippen molar-refractivity contribution in [1.82, 2.24) is 10.2 Å². The van der Waals surface area contributed by atoms with Crippen LogP contribution in [-0.2, 0) is 35.7 Å². The predicted octanol–water partition coefficient (Wildman–Crippen LogP) is 9.18. The van der Waals surface area contributed by atoms with Crippen molar-refractivity contribution in [2.24, 2.45) is 0 Å². The minimum atomic E-state index is -0.513. The Bertz CT molecular complexity index is 2410. The zero-order valence-electron chi connectivity index (χ0n) is 36.1. The van der Waals surface area contributed by atoms with E-state index >= 15 is 0 Å². The van der Waals surface area contributed by atoms with Gasteiger partial charge in [-0.2, -0.15) is 0 Å². The molecule has 0 aliphatic heterocycles. The molecule has 0 aliphatic rings. The van der Waals surface area contributed by atoms with E-state index in [2.05, 4.69) is 17.4 Å². The van der Waals surface area contributed by atoms with Gasteiger partial charge in [0.2, 0.25) is 0 Å². The van der Waals surface area contributed by atoms with Crippen LogP contribution in [0.2, 0.25) is 0 Å². The van der Waals surface area contributed by atoms with E-state index in [1.54, 1.807) is 66.6 Å². The summed E-state index contributed by atoms with van der Waals surface area (Å²) in [5, 5.41) is 2.84. The maximum Gasteiger partial charge on any atom is 0.337 e. The second-order valence-corrected chi connectivity index (χ2v) is 13.9. The summed E-state index contributed by atoms with van der Waals surface area (Å²) in [4.78, 5) is 49.3. The normalized spacial score (nSPS) is 10.1. The van der Waals surface area contributed by atoms with Gasteiger partial charge in [-0.05, 0) is 94.5 Å². The zero-order chi connectivity index (χ0) is 45.6. The number of hydrogen-bond donors (Lipinski definition) is 1. The third-order valence-corrected chi connectivity index (χ3v) is 9.53. The lowest BCUT2D eigenvalue weighted by atomic mass is 10.1. The first-order chi connectivity index (χ1) is 30.5. The van der Waals surface area contributed by atoms with Gasteiger partial charge in [-0.3, -0.25) is 9.59 Å². The quantitative estimate of drug-likeness (QED) is 0.0736. The van der Waals surface area contributed by atoms with Crippen molar-refractivity contribution in [3.8, 4) is 23.0 Å². The number of hydrogen-bond acceptors (Lipinski definition) is 11. The lowest BCUT2D eigenvalue weighted by Crippen LogP contribution is -2.30. The first kappa shape index (κ1) is 48.5. The average molecular weight is 875 g/mol. The zero-order valence-corrected chi connectivity index (χ0v) is 36.8. The van der Waals surface area contributed by atoms with Crippen LogP contribution in [0.5, 0.6) is 23.0 Å². The molecule has 0 aliphatic carbocycles. The lowest BCUT2D eigenvalue weighted by Gasteiger charge is -2.24. The average Bonchev–Trinajstić information content (AvgIpc) is 3.33. The highest BCUT2D eigenvalue weighted by Crippen LogP contribution is 2.29. The Hall–Kier alpha value is -7.15. The van der Waals surface area contributed by atoms with E-state index in [0.717, 1.165) is 29.8 Å². The standard InChI is InChI=1S/C25H25NO5.C16H17NO2.C9H9ClO3/c1-29-22-13-12-20(15-23(22)30-2)24(27)26(16-18-8-5-4-6-9-18)17-19-10-7-11-21(14-19)25(28)31-3;1-19-16(18)15-9-5-8-14(10-15)12-17-11-13-6-3-2-4-7-13;1-12-7-4-3-6(9(10)11)5-8(7)13-2/h4-15H,16-17H2,1-3H3;2-10,17H,11-12H2,1H3;3-5H,1-2H3. The molecule has 0 aromatic heterocycles. The van der Waals surface area contributed by atoms with Crippen molar-refractivity contribution in [3.05, 3.63) is 190 Å². The highest BCUT2D eigenvalue weighted by molar-refractivity contribution is 6.67. The van der Waals surface area contributed by atoms with Gasteiger partial charge in [0.15, 0.2) is 23.0 Å². The van der Waals surface area contributed by atoms with Crippen molar-refractivity contribution in [2.75, 3.05) is 42.7 Å². The highest BCUT2D eigenvalue weighted by Gasteiger charge is 2.20. The predicted molar refractivity (Wildman–Crippen MR) is 242 cm³/mol. The van der Waals surface area contributed by atoms with Gasteiger partial charge < -0.3 is 38.6 Å². The summed E-state index contributed by atoms with van der Waals surface area (Å²) in [7, 11) is 8.85. The van der Waals surface area contributed by atoms with E-state index in [9.17, 15) is 19.2 Å². The molecule has 13 heteroatoms. The molecule has 0 heterocycles. The Balaban J connectivity index is 0.000000230. The fraction of sp³-hybridized carbons (Fsp3) is 0.200. The Morgan fingerprint density at radius 3 is 1.38 bits per heavy atom. The summed E-state index contributed by atoms with van der Waals surface area (Å²) >= 11 is 5.29. The molecular formula is C50H51ClN2O10. The number of methoxy groups -OCH3 is 6. The van der Waals surface area contributed by atoms with E-state index < -0.39 is 11.2 Å². The van der Waals surface area contributed by atoms with E-state index in [1.165, 1.54) is 47.2 Å². The van der Waals surface area contributed by atoms with E-state index in [4.69, 9.17) is 40.0 Å². The monoisotopic (exact) mass is 874 g/mol. The molecule has 0 saturated heterocycles. The number of carbonyl (C=O) groups excluding carboxylic acids is 4. The number of benzene rings is 6. The van der Waals surface area contributed by atoms with Crippen LogP contribution in [-0.4, -0.2) is 70.6 Å². The first-order valence-electron chi connectivity index (χ1n) is 19.6. The molecule has 0 fully saturated rings. The largest absolute Gasteiger partial charge is 0.493 e. The molecule has 0 bridgehead atoms. The number of carbonyl (C=O) groups is 4. The third kappa shape index (κ3) is 15.1. The third-order valence-electron chi connectivity index (χ3n) is 9.32. The van der Waals surface area contributed by atoms with Crippen molar-refractivity contribution < 1.29 is 47.6 Å². The number of amides is 1. The fourth-order valence-corrected chi connectivity index (χ4v) is 6.24. The molecule has 0 saturated carbocycles. The van der Waals surface area contributed by atoms with Gasteiger partial charge in [-0.15, -0.1) is 0 Å². The molecule has 0 atom stereocenters. The minimum absolute atomic E-state index is 0.159. The summed E-state index contributed by atoms with van der Waals surface area (Å²) in [6.07, 6.45) is 0. The van der Waals surface area contributed by atoms with Crippen LogP contribution in [0.15, 0.2) is 146 Å². The van der Waals surface area contributed by atoms with Crippen LogP contribution in [0, 0.1) is 0 Å². The maximum atomic E-state index is 13.4. The van der Waals surface area contributed by atoms with Crippen LogP contribution in [0.3, 0.4) is 0 Å². The second-order valence-electron chi connectivity index (χ2n) is 13.5. The molecule has 63 heavy (non-hydrogen) atoms. The van der Waals surface area contributed by atoms with Gasteiger partial charge in [0.1, 0.15) is 0 Å². The number of rotatable bonds is 16. The summed E-state index contributed by atoms with van der Waals surface area (Å²) in [6, 6.07) is 44.4. The molecular weight excluding hydrogens is 824 g/mol. The van der Waals surface area contributed by atoms with E-state index in [1.807, 2.05) is 72.8 Å². The second kappa shape index (κ2) is 25.6. The number of nitrogens with zero attached hydrogens (tertiary/aromatic N) is 1. The molecule has 1 amide bonds. The molecule has 328 valence electrons. The summed E-state index contributed by atoms with van der Waals surface area (Å²) in [6.45, 7) is 2.27. The number of ether oxygens (including phenoxy) is 6. The van der Waals surface area contributed by atoms with Gasteiger partial charge in [-0.25, -0.2) is 9.59 Å². The fourth-order valence-electron chi connectivity index (χ4n) is 6.12. The number of esters is 2. The molecule has 0 spiro atoms. The van der Waals surface area contributed by atoms with Crippen LogP contribution in [0.4, 0.5) is 0 Å². The van der Waals surface area contributed by atoms with Crippen molar-refractivity contribution in [1.29, 1.82) is 0 Å². The Kier molecular flexibility index (Phi) is 19.7. The van der Waals surface area contributed by atoms with Crippen LogP contribution >= 0.6 is 11.6 Å². The number of nitrogens with one attached hydrogen (secondary N) is 1. The van der Waals surface area contributed by atoms with Crippen molar-refractivity contribution in [3.63, 3.8) is 0 Å². The van der Waals surface area contributed by atoms with Crippen LogP contribution in [0.25, 0.3) is 0 Å². The lowest BCUT2D eigenvalue weighted by molar-refractivity contribution is 0.0591. The van der Waals surface area contributed by atoms with Crippen molar-refractivity contribution in [2.45, 2.75) is 26.2 Å². The molecule has 0 radical (unpaired) electrons. The smallest absolute Gasteiger partial charge is 0.337 e. The Labute approximate surface area is 373 Å². The first-order valence-corrected chi connectivity index (χ1v) is 20.0. The van der Waals surface area contributed by atoms with Crippen LogP contribution in [0.1, 0.15) is 63.7 Å². The highest BCUT2D eigenvalue weighted by atomic mass is 35.5. The molecule has 6 aromatic carbocycles. The van der Waals surface area contributed by atoms with Crippen molar-refractivity contribution >= 4 is 34.7 Å². The maximum absolute atomic E-state index is 13.4. The van der Waals surface area contributed by atoms with Gasteiger partial charge in [0.05, 0.1) is 53.8 Å². The molecule has 0 unspecified atom stereocenters. The molecule has 6 rings (SSSR count). The molecule has 1 N–H and O–H groups in total. The van der Waals surface area contributed by atoms with E-state index in [-0.39, 0.29) is 11.9 Å². The van der Waals surface area contributed by atoms with E-state index in [0.29, 0.717) is 58.3 Å². The Morgan fingerprint density at radius 2 is 0.873 bits per heavy atom. The van der Waals surface area contributed by atoms with Gasteiger partial charge in [0, 0.05) is 37.3 Å². The summed E-state index contributed by atoms with van der Waals surface area (Å²) < 4.78 is 30.1. The SMILES string of the molecule is COC(=O)c1cccc(CN(Cc2ccccc2)C(=O)c2ccc(OC)c(OC)c2)c1.COC(=O)c1cccc(CNCc2ccccc2)c1.COc1ccc(C(=O)Cl)cc1OC. The topological polar surface area (TPSA) is 139 Å². The summed E-state index contributed by atoms with van der Waals surface area (Å²) in [5.41, 5.74) is 6.04. The van der Waals surface area contributed by atoms with Gasteiger partial charge in [-0.1, -0.05) is 84.9 Å². The van der Waals surface area contributed by atoms with Gasteiger partial charge >= 0.3 is 11.9 Å². The molecule has 6 aromatic rings.